The summed E-state index contributed by atoms with van der Waals surface area (Å²) in [7, 11) is -9.96. The predicted molar refractivity (Wildman–Crippen MR) is 399 cm³/mol. The molecule has 0 aliphatic carbocycles. The van der Waals surface area contributed by atoms with Gasteiger partial charge in [0.25, 0.3) is 0 Å². The Hall–Kier alpha value is -4.28. The number of esters is 4. The molecule has 0 saturated heterocycles. The fourth-order valence-electron chi connectivity index (χ4n) is 9.96. The highest BCUT2D eigenvalue weighted by Crippen LogP contribution is 2.45. The van der Waals surface area contributed by atoms with Crippen molar-refractivity contribution in [3.63, 3.8) is 0 Å². The van der Waals surface area contributed by atoms with Gasteiger partial charge in [-0.25, -0.2) is 9.13 Å². The number of ether oxygens (including phenoxy) is 4. The number of hydrogen-bond donors (Lipinski definition) is 3. The van der Waals surface area contributed by atoms with Crippen molar-refractivity contribution in [2.75, 3.05) is 39.6 Å². The third kappa shape index (κ3) is 70.2. The lowest BCUT2D eigenvalue weighted by atomic mass is 10.1. The molecule has 0 amide bonds. The van der Waals surface area contributed by atoms with Crippen LogP contribution < -0.4 is 0 Å². The van der Waals surface area contributed by atoms with Crippen LogP contribution in [0.3, 0.4) is 0 Å². The Morgan fingerprint density at radius 1 is 0.296 bits per heavy atom. The third-order valence-corrected chi connectivity index (χ3v) is 17.6. The number of hydrogen-bond acceptors (Lipinski definition) is 15. The van der Waals surface area contributed by atoms with E-state index in [4.69, 9.17) is 37.0 Å². The summed E-state index contributed by atoms with van der Waals surface area (Å²) in [4.78, 5) is 72.8. The standard InChI is InChI=1S/C79H136O17P2/c1-5-9-13-17-21-25-29-32-34-35-36-37-39-42-45-48-52-56-60-64-77(82)90-70-75(96-79(84)66-62-58-54-50-46-40-31-27-23-19-15-11-7-3)72-94-98(87,88)92-68-73(80)67-91-97(85,86)93-71-74(95-78(83)65-61-57-53-49-43-28-24-20-16-12-8-4)69-89-76(81)63-59-55-51-47-44-41-38-33-30-26-22-18-14-10-6-2/h9-10,13-14,21-22,25-27,31-34,36-38,44,47,73-75,80H,5-8,11-12,15-20,23-24,28-30,35,39-43,45-46,48-72H2,1-4H3,(H,85,86)(H,87,88)/b13-9-,14-10-,25-21-,26-22-,31-27-,34-32-,37-36-,38-33-,47-44-. The summed E-state index contributed by atoms with van der Waals surface area (Å²) in [6.45, 7) is 4.56. The summed E-state index contributed by atoms with van der Waals surface area (Å²) >= 11 is 0. The number of carbonyl (C=O) groups is 4. The van der Waals surface area contributed by atoms with Crippen LogP contribution >= 0.6 is 15.6 Å². The quantitative estimate of drug-likeness (QED) is 0.0169. The smallest absolute Gasteiger partial charge is 0.462 e. The van der Waals surface area contributed by atoms with Crippen LogP contribution in [-0.4, -0.2) is 96.7 Å². The van der Waals surface area contributed by atoms with E-state index < -0.39 is 97.5 Å². The molecular formula is C79H136O17P2. The topological polar surface area (TPSA) is 237 Å². The van der Waals surface area contributed by atoms with E-state index in [0.29, 0.717) is 25.7 Å². The summed E-state index contributed by atoms with van der Waals surface area (Å²) in [6, 6.07) is 0. The highest BCUT2D eigenvalue weighted by molar-refractivity contribution is 7.47. The van der Waals surface area contributed by atoms with Crippen LogP contribution in [0.15, 0.2) is 109 Å². The Balaban J connectivity index is 5.34. The molecule has 0 spiro atoms. The number of carbonyl (C=O) groups excluding carboxylic acids is 4. The third-order valence-electron chi connectivity index (χ3n) is 15.7. The number of phosphoric acid groups is 2. The van der Waals surface area contributed by atoms with Crippen LogP contribution in [0.4, 0.5) is 0 Å². The molecule has 0 rings (SSSR count). The first-order chi connectivity index (χ1) is 47.7. The Labute approximate surface area is 594 Å². The molecule has 19 heteroatoms. The average molecular weight is 1420 g/mol. The van der Waals surface area contributed by atoms with Crippen LogP contribution in [0.1, 0.15) is 310 Å². The van der Waals surface area contributed by atoms with Gasteiger partial charge < -0.3 is 33.8 Å². The average Bonchev–Trinajstić information content (AvgIpc) is 0.972. The van der Waals surface area contributed by atoms with E-state index >= 15 is 0 Å². The van der Waals surface area contributed by atoms with Gasteiger partial charge in [0.15, 0.2) is 12.2 Å². The molecule has 0 aromatic carbocycles. The molecule has 0 fully saturated rings. The molecule has 0 aliphatic rings. The molecule has 5 unspecified atom stereocenters. The number of phosphoric ester groups is 2. The SMILES string of the molecule is CC/C=C\C/C=C\C/C=C\C/C=C\CCCCCCCCC(=O)OCC(COP(=O)(O)OCC(O)COP(=O)(O)OCC(COC(=O)CCCC/C=C\C/C=C\C/C=C\C/C=C\CC)OC(=O)CCCCCCCCCCCCC)OC(=O)CCCCCCC/C=C\CCCCCC. The van der Waals surface area contributed by atoms with Gasteiger partial charge in [-0.05, 0) is 128 Å². The number of allylic oxidation sites excluding steroid dienone is 18. The maximum absolute atomic E-state index is 13.1. The van der Waals surface area contributed by atoms with Crippen LogP contribution in [0.25, 0.3) is 0 Å². The van der Waals surface area contributed by atoms with Gasteiger partial charge in [-0.2, -0.15) is 0 Å². The van der Waals surface area contributed by atoms with Gasteiger partial charge in [0, 0.05) is 25.7 Å². The molecule has 0 heterocycles. The second kappa shape index (κ2) is 71.1. The first-order valence-electron chi connectivity index (χ1n) is 38.1. The maximum Gasteiger partial charge on any atom is 0.472 e. The van der Waals surface area contributed by atoms with E-state index in [9.17, 15) is 43.2 Å². The van der Waals surface area contributed by atoms with E-state index in [-0.39, 0.29) is 25.7 Å². The predicted octanol–water partition coefficient (Wildman–Crippen LogP) is 21.8. The van der Waals surface area contributed by atoms with E-state index in [1.807, 2.05) is 0 Å². The summed E-state index contributed by atoms with van der Waals surface area (Å²) in [5.41, 5.74) is 0. The van der Waals surface area contributed by atoms with Gasteiger partial charge in [0.2, 0.25) is 0 Å². The normalized spacial score (nSPS) is 14.6. The van der Waals surface area contributed by atoms with Crippen LogP contribution in [0.5, 0.6) is 0 Å². The minimum atomic E-state index is -4.98. The van der Waals surface area contributed by atoms with Gasteiger partial charge in [0.1, 0.15) is 19.3 Å². The van der Waals surface area contributed by atoms with Crippen LogP contribution in [0.2, 0.25) is 0 Å². The molecule has 5 atom stereocenters. The van der Waals surface area contributed by atoms with Gasteiger partial charge in [0.05, 0.1) is 26.4 Å². The monoisotopic (exact) mass is 1420 g/mol. The highest BCUT2D eigenvalue weighted by atomic mass is 31.2. The lowest BCUT2D eigenvalue weighted by molar-refractivity contribution is -0.161. The minimum absolute atomic E-state index is 0.0802. The molecule has 0 aliphatic heterocycles. The van der Waals surface area contributed by atoms with Gasteiger partial charge in [-0.3, -0.25) is 37.3 Å². The second-order valence-corrected chi connectivity index (χ2v) is 28.1. The van der Waals surface area contributed by atoms with Crippen molar-refractivity contribution in [3.8, 4) is 0 Å². The zero-order valence-electron chi connectivity index (χ0n) is 61.4. The largest absolute Gasteiger partial charge is 0.472 e. The molecule has 17 nitrogen and oxygen atoms in total. The molecule has 0 bridgehead atoms. The fraction of sp³-hybridized carbons (Fsp3) is 0.722. The van der Waals surface area contributed by atoms with E-state index in [1.54, 1.807) is 0 Å². The summed E-state index contributed by atoms with van der Waals surface area (Å²) < 4.78 is 68.4. The van der Waals surface area contributed by atoms with Crippen LogP contribution in [0, 0.1) is 0 Å². The molecule has 0 radical (unpaired) electrons. The number of rotatable bonds is 71. The summed E-state index contributed by atoms with van der Waals surface area (Å²) in [5.74, 6) is -2.24. The zero-order valence-corrected chi connectivity index (χ0v) is 63.2. The second-order valence-electron chi connectivity index (χ2n) is 25.2. The van der Waals surface area contributed by atoms with Crippen molar-refractivity contribution in [1.82, 2.24) is 0 Å². The van der Waals surface area contributed by atoms with Gasteiger partial charge in [-0.15, -0.1) is 0 Å². The lowest BCUT2D eigenvalue weighted by Gasteiger charge is -2.21. The number of unbranched alkanes of at least 4 members (excludes halogenated alkanes) is 27. The maximum atomic E-state index is 13.1. The summed E-state index contributed by atoms with van der Waals surface area (Å²) in [6.07, 6.45) is 75.1. The zero-order chi connectivity index (χ0) is 71.8. The Morgan fingerprint density at radius 2 is 0.531 bits per heavy atom. The Morgan fingerprint density at radius 3 is 0.857 bits per heavy atom. The number of aliphatic hydroxyl groups is 1. The highest BCUT2D eigenvalue weighted by Gasteiger charge is 2.30. The fourth-order valence-corrected chi connectivity index (χ4v) is 11.5. The molecular weight excluding hydrogens is 1280 g/mol. The van der Waals surface area contributed by atoms with Crippen molar-refractivity contribution in [2.45, 2.75) is 329 Å². The van der Waals surface area contributed by atoms with E-state index in [0.717, 1.165) is 167 Å². The molecule has 0 aromatic rings. The van der Waals surface area contributed by atoms with Crippen molar-refractivity contribution in [2.24, 2.45) is 0 Å². The van der Waals surface area contributed by atoms with Crippen molar-refractivity contribution < 1.29 is 80.2 Å². The van der Waals surface area contributed by atoms with E-state index in [2.05, 4.69) is 137 Å². The minimum Gasteiger partial charge on any atom is -0.462 e. The molecule has 0 saturated carbocycles. The number of aliphatic hydroxyl groups excluding tert-OH is 1. The molecule has 0 aromatic heterocycles. The lowest BCUT2D eigenvalue weighted by Crippen LogP contribution is -2.30. The first kappa shape index (κ1) is 93.7. The van der Waals surface area contributed by atoms with Crippen LogP contribution in [-0.2, 0) is 65.4 Å². The Kier molecular flexibility index (Phi) is 68.0. The van der Waals surface area contributed by atoms with Gasteiger partial charge >= 0.3 is 39.5 Å². The molecule has 564 valence electrons. The molecule has 98 heavy (non-hydrogen) atoms. The first-order valence-corrected chi connectivity index (χ1v) is 41.1. The van der Waals surface area contributed by atoms with E-state index in [1.165, 1.54) is 64.2 Å². The summed E-state index contributed by atoms with van der Waals surface area (Å²) in [5, 5.41) is 10.6. The van der Waals surface area contributed by atoms with Gasteiger partial charge in [-0.1, -0.05) is 265 Å². The van der Waals surface area contributed by atoms with Crippen molar-refractivity contribution in [3.05, 3.63) is 109 Å². The Bertz CT molecular complexity index is 2290. The van der Waals surface area contributed by atoms with Crippen molar-refractivity contribution in [1.29, 1.82) is 0 Å². The molecule has 3 N–H and O–H groups in total. The van der Waals surface area contributed by atoms with Crippen molar-refractivity contribution >= 4 is 39.5 Å².